The van der Waals surface area contributed by atoms with E-state index in [0.717, 1.165) is 46.3 Å². The molecule has 4 rings (SSSR count). The minimum atomic E-state index is -0.0193. The number of nitrogens with one attached hydrogen (secondary N) is 1. The Morgan fingerprint density at radius 2 is 2.14 bits per heavy atom. The Morgan fingerprint density at radius 1 is 1.36 bits per heavy atom. The summed E-state index contributed by atoms with van der Waals surface area (Å²) >= 11 is 1.56. The van der Waals surface area contributed by atoms with Crippen LogP contribution in [0.1, 0.15) is 24.1 Å². The lowest BCUT2D eigenvalue weighted by Gasteiger charge is -2.16. The van der Waals surface area contributed by atoms with E-state index in [1.165, 1.54) is 5.56 Å². The average molecular weight is 400 g/mol. The van der Waals surface area contributed by atoms with E-state index in [0.29, 0.717) is 6.54 Å². The second-order valence-corrected chi connectivity index (χ2v) is 8.25. The normalized spacial score (nSPS) is 16.6. The highest BCUT2D eigenvalue weighted by Crippen LogP contribution is 2.32. The summed E-state index contributed by atoms with van der Waals surface area (Å²) in [6, 6.07) is 8.22. The molecule has 1 atom stereocenters. The molecule has 1 aromatic carbocycles. The molecule has 0 aliphatic carbocycles. The van der Waals surface area contributed by atoms with Gasteiger partial charge in [0.05, 0.1) is 28.7 Å². The topological polar surface area (TPSA) is 72.3 Å². The van der Waals surface area contributed by atoms with Gasteiger partial charge in [-0.05, 0) is 38.8 Å². The first-order valence-corrected chi connectivity index (χ1v) is 10.4. The zero-order valence-electron chi connectivity index (χ0n) is 16.4. The van der Waals surface area contributed by atoms with Crippen LogP contribution >= 0.6 is 11.3 Å². The standard InChI is InChI=1S/C20H25N5O2S/c1-13-6-8-15(9-7-13)25-19-18(14(2)23-25)28-20(22-19)24(3)12-17(26)21-11-16-5-4-10-27-16/h6-9,16H,4-5,10-12H2,1-3H3,(H,21,26). The van der Waals surface area contributed by atoms with Gasteiger partial charge in [-0.1, -0.05) is 29.0 Å². The monoisotopic (exact) mass is 399 g/mol. The zero-order chi connectivity index (χ0) is 19.7. The molecule has 1 saturated heterocycles. The summed E-state index contributed by atoms with van der Waals surface area (Å²) in [5, 5.41) is 8.41. The molecule has 1 unspecified atom stereocenters. The van der Waals surface area contributed by atoms with Crippen LogP contribution in [0.5, 0.6) is 0 Å². The van der Waals surface area contributed by atoms with Crippen LogP contribution in [0.3, 0.4) is 0 Å². The van der Waals surface area contributed by atoms with Crippen LogP contribution < -0.4 is 10.2 Å². The number of fused-ring (bicyclic) bond motifs is 1. The number of hydrogen-bond acceptors (Lipinski definition) is 6. The molecule has 3 aromatic rings. The van der Waals surface area contributed by atoms with Crippen molar-refractivity contribution in [3.05, 3.63) is 35.5 Å². The van der Waals surface area contributed by atoms with Gasteiger partial charge in [-0.3, -0.25) is 4.79 Å². The lowest BCUT2D eigenvalue weighted by Crippen LogP contribution is -2.38. The van der Waals surface area contributed by atoms with Gasteiger partial charge in [-0.2, -0.15) is 10.1 Å². The van der Waals surface area contributed by atoms with E-state index in [-0.39, 0.29) is 18.6 Å². The second kappa shape index (κ2) is 7.89. The maximum absolute atomic E-state index is 12.3. The molecule has 7 nitrogen and oxygen atoms in total. The highest BCUT2D eigenvalue weighted by Gasteiger charge is 2.20. The molecule has 28 heavy (non-hydrogen) atoms. The van der Waals surface area contributed by atoms with Crippen LogP contribution in [0.25, 0.3) is 16.0 Å². The number of hydrogen-bond donors (Lipinski definition) is 1. The van der Waals surface area contributed by atoms with Crippen molar-refractivity contribution in [3.63, 3.8) is 0 Å². The predicted octanol–water partition coefficient (Wildman–Crippen LogP) is 2.83. The van der Waals surface area contributed by atoms with Gasteiger partial charge in [0.15, 0.2) is 10.8 Å². The van der Waals surface area contributed by atoms with Crippen molar-refractivity contribution in [1.29, 1.82) is 0 Å². The van der Waals surface area contributed by atoms with Crippen molar-refractivity contribution in [2.24, 2.45) is 0 Å². The highest BCUT2D eigenvalue weighted by atomic mass is 32.1. The number of aromatic nitrogens is 3. The van der Waals surface area contributed by atoms with Gasteiger partial charge in [0.2, 0.25) is 5.91 Å². The van der Waals surface area contributed by atoms with Gasteiger partial charge in [0.1, 0.15) is 0 Å². The molecule has 1 amide bonds. The van der Waals surface area contributed by atoms with E-state index >= 15 is 0 Å². The molecule has 148 valence electrons. The lowest BCUT2D eigenvalue weighted by atomic mass is 10.2. The summed E-state index contributed by atoms with van der Waals surface area (Å²) in [5.41, 5.74) is 3.96. The first kappa shape index (κ1) is 18.9. The molecule has 0 radical (unpaired) electrons. The van der Waals surface area contributed by atoms with Crippen molar-refractivity contribution in [2.45, 2.75) is 32.8 Å². The number of ether oxygens (including phenoxy) is 1. The first-order chi connectivity index (χ1) is 13.5. The molecular weight excluding hydrogens is 374 g/mol. The largest absolute Gasteiger partial charge is 0.376 e. The van der Waals surface area contributed by atoms with E-state index in [1.807, 2.05) is 35.7 Å². The van der Waals surface area contributed by atoms with Crippen LogP contribution in [-0.4, -0.2) is 53.5 Å². The fourth-order valence-electron chi connectivity index (χ4n) is 3.32. The van der Waals surface area contributed by atoms with Crippen LogP contribution in [0.2, 0.25) is 0 Å². The van der Waals surface area contributed by atoms with Crippen LogP contribution in [0.15, 0.2) is 24.3 Å². The zero-order valence-corrected chi connectivity index (χ0v) is 17.3. The van der Waals surface area contributed by atoms with Gasteiger partial charge in [0.25, 0.3) is 0 Å². The Balaban J connectivity index is 1.48. The number of likely N-dealkylation sites (N-methyl/N-ethyl adjacent to an activating group) is 1. The minimum absolute atomic E-state index is 0.0193. The van der Waals surface area contributed by atoms with Crippen molar-refractivity contribution in [3.8, 4) is 5.69 Å². The first-order valence-electron chi connectivity index (χ1n) is 9.54. The number of anilines is 1. The van der Waals surface area contributed by atoms with E-state index in [4.69, 9.17) is 9.72 Å². The fourth-order valence-corrected chi connectivity index (χ4v) is 4.27. The number of nitrogens with zero attached hydrogens (tertiary/aromatic N) is 4. The summed E-state index contributed by atoms with van der Waals surface area (Å²) in [6.45, 7) is 5.69. The third-order valence-corrected chi connectivity index (χ3v) is 6.18. The molecule has 3 heterocycles. The molecular formula is C20H25N5O2S. The number of benzene rings is 1. The smallest absolute Gasteiger partial charge is 0.239 e. The Morgan fingerprint density at radius 3 is 2.86 bits per heavy atom. The van der Waals surface area contributed by atoms with E-state index < -0.39 is 0 Å². The van der Waals surface area contributed by atoms with Gasteiger partial charge in [-0.15, -0.1) is 0 Å². The van der Waals surface area contributed by atoms with Gasteiger partial charge in [0, 0.05) is 20.2 Å². The van der Waals surface area contributed by atoms with E-state index in [9.17, 15) is 4.79 Å². The third kappa shape index (κ3) is 3.88. The van der Waals surface area contributed by atoms with Crippen molar-refractivity contribution < 1.29 is 9.53 Å². The summed E-state index contributed by atoms with van der Waals surface area (Å²) in [5.74, 6) is -0.0193. The van der Waals surface area contributed by atoms with E-state index in [1.54, 1.807) is 11.3 Å². The predicted molar refractivity (Wildman–Crippen MR) is 111 cm³/mol. The second-order valence-electron chi connectivity index (χ2n) is 7.28. The van der Waals surface area contributed by atoms with E-state index in [2.05, 4.69) is 29.5 Å². The maximum Gasteiger partial charge on any atom is 0.239 e. The molecule has 0 saturated carbocycles. The summed E-state index contributed by atoms with van der Waals surface area (Å²) in [7, 11) is 1.89. The van der Waals surface area contributed by atoms with Crippen molar-refractivity contribution in [2.75, 3.05) is 31.6 Å². The van der Waals surface area contributed by atoms with Gasteiger partial charge >= 0.3 is 0 Å². The van der Waals surface area contributed by atoms with Crippen LogP contribution in [-0.2, 0) is 9.53 Å². The quantitative estimate of drug-likeness (QED) is 0.690. The number of amides is 1. The Bertz CT molecular complexity index is 973. The molecule has 1 aliphatic heterocycles. The average Bonchev–Trinajstić information content (AvgIpc) is 3.39. The van der Waals surface area contributed by atoms with Crippen molar-refractivity contribution in [1.82, 2.24) is 20.1 Å². The summed E-state index contributed by atoms with van der Waals surface area (Å²) in [6.07, 6.45) is 2.24. The number of thiazole rings is 1. The number of rotatable bonds is 6. The maximum atomic E-state index is 12.3. The van der Waals surface area contributed by atoms with Crippen LogP contribution in [0.4, 0.5) is 5.13 Å². The van der Waals surface area contributed by atoms with Gasteiger partial charge in [-0.25, -0.2) is 4.68 Å². The number of aryl methyl sites for hydroxylation is 2. The molecule has 1 N–H and O–H groups in total. The molecule has 1 aliphatic rings. The minimum Gasteiger partial charge on any atom is -0.376 e. The Hall–Kier alpha value is -2.45. The number of carbonyl (C=O) groups is 1. The third-order valence-electron chi connectivity index (χ3n) is 4.91. The summed E-state index contributed by atoms with van der Waals surface area (Å²) < 4.78 is 8.46. The van der Waals surface area contributed by atoms with Crippen LogP contribution in [0, 0.1) is 13.8 Å². The Labute approximate surface area is 168 Å². The van der Waals surface area contributed by atoms with Gasteiger partial charge < -0.3 is 15.0 Å². The number of carbonyl (C=O) groups excluding carboxylic acids is 1. The molecule has 8 heteroatoms. The SMILES string of the molecule is Cc1ccc(-n2nc(C)c3sc(N(C)CC(=O)NCC4CCCO4)nc32)cc1. The Kier molecular flexibility index (Phi) is 5.32. The fraction of sp³-hybridized carbons (Fsp3) is 0.450. The molecule has 2 aromatic heterocycles. The molecule has 1 fully saturated rings. The highest BCUT2D eigenvalue weighted by molar-refractivity contribution is 7.22. The lowest BCUT2D eigenvalue weighted by molar-refractivity contribution is -0.120. The van der Waals surface area contributed by atoms with Crippen molar-refractivity contribution >= 4 is 32.7 Å². The molecule has 0 bridgehead atoms. The summed E-state index contributed by atoms with van der Waals surface area (Å²) in [4.78, 5) is 18.9. The molecule has 0 spiro atoms.